The van der Waals surface area contributed by atoms with E-state index in [2.05, 4.69) is 86.6 Å². The molecule has 0 amide bonds. The number of hydrogen-bond donors (Lipinski definition) is 1. The zero-order valence-electron chi connectivity index (χ0n) is 14.1. The molecule has 0 aliphatic carbocycles. The molecular weight excluding hydrogens is 332 g/mol. The molecule has 0 saturated heterocycles. The number of anilines is 1. The highest BCUT2D eigenvalue weighted by Gasteiger charge is 2.30. The number of thioether (sulfide) groups is 2. The predicted molar refractivity (Wildman–Crippen MR) is 105 cm³/mol. The number of hydrogen-bond acceptors (Lipinski definition) is 3. The lowest BCUT2D eigenvalue weighted by atomic mass is 10.2. The van der Waals surface area contributed by atoms with Gasteiger partial charge in [0.25, 0.3) is 0 Å². The van der Waals surface area contributed by atoms with Crippen LogP contribution in [0.1, 0.15) is 6.92 Å². The first-order valence-electron chi connectivity index (χ1n) is 8.14. The van der Waals surface area contributed by atoms with E-state index in [9.17, 15) is 0 Å². The molecule has 2 aromatic carbocycles. The fraction of sp³-hybridized carbons (Fsp3) is 0.200. The van der Waals surface area contributed by atoms with Crippen molar-refractivity contribution < 1.29 is 4.90 Å². The first-order chi connectivity index (χ1) is 11.6. The third kappa shape index (κ3) is 2.79. The lowest BCUT2D eigenvalue weighted by Gasteiger charge is -2.15. The zero-order chi connectivity index (χ0) is 16.7. The van der Waals surface area contributed by atoms with Crippen molar-refractivity contribution in [3.8, 4) is 0 Å². The highest BCUT2D eigenvalue weighted by molar-refractivity contribution is 8.03. The Hall–Kier alpha value is -1.62. The molecule has 24 heavy (non-hydrogen) atoms. The number of fused-ring (bicyclic) bond motifs is 2. The van der Waals surface area contributed by atoms with Gasteiger partial charge >= 0.3 is 0 Å². The van der Waals surface area contributed by atoms with E-state index in [0.717, 1.165) is 0 Å². The van der Waals surface area contributed by atoms with Crippen LogP contribution in [0, 0.1) is 0 Å². The van der Waals surface area contributed by atoms with Crippen molar-refractivity contribution >= 4 is 34.9 Å². The Morgan fingerprint density at radius 3 is 2.54 bits per heavy atom. The van der Waals surface area contributed by atoms with Crippen molar-refractivity contribution in [2.75, 3.05) is 19.0 Å². The second kappa shape index (κ2) is 6.36. The molecule has 0 bridgehead atoms. The smallest absolute Gasteiger partial charge is 0.163 e. The molecule has 2 heterocycles. The van der Waals surface area contributed by atoms with Gasteiger partial charge in [0.05, 0.1) is 22.7 Å². The Kier molecular flexibility index (Phi) is 4.21. The molecular formula is C20H21N2S2+. The molecule has 4 rings (SSSR count). The number of allylic oxidation sites excluding steroid dienone is 2. The van der Waals surface area contributed by atoms with E-state index in [-0.39, 0.29) is 0 Å². The first kappa shape index (κ1) is 15.9. The van der Waals surface area contributed by atoms with Crippen LogP contribution in [0.3, 0.4) is 0 Å². The van der Waals surface area contributed by atoms with Crippen molar-refractivity contribution in [3.63, 3.8) is 0 Å². The lowest BCUT2D eigenvalue weighted by molar-refractivity contribution is -0.812. The van der Waals surface area contributed by atoms with Gasteiger partial charge in [0.15, 0.2) is 5.37 Å². The fourth-order valence-electron chi connectivity index (χ4n) is 3.16. The van der Waals surface area contributed by atoms with Gasteiger partial charge in [0, 0.05) is 18.0 Å². The fourth-order valence-corrected chi connectivity index (χ4v) is 5.70. The Balaban J connectivity index is 1.55. The van der Waals surface area contributed by atoms with Gasteiger partial charge in [-0.1, -0.05) is 47.8 Å². The van der Waals surface area contributed by atoms with Gasteiger partial charge in [-0.3, -0.25) is 4.90 Å². The van der Waals surface area contributed by atoms with Crippen LogP contribution in [0.5, 0.6) is 0 Å². The molecule has 0 fully saturated rings. The van der Waals surface area contributed by atoms with Crippen molar-refractivity contribution in [3.05, 3.63) is 71.3 Å². The highest BCUT2D eigenvalue weighted by atomic mass is 32.2. The molecule has 2 aliphatic heterocycles. The van der Waals surface area contributed by atoms with E-state index in [4.69, 9.17) is 0 Å². The molecule has 2 aliphatic rings. The molecule has 0 spiro atoms. The van der Waals surface area contributed by atoms with E-state index in [1.165, 1.54) is 36.7 Å². The van der Waals surface area contributed by atoms with Gasteiger partial charge in [-0.2, -0.15) is 0 Å². The number of nitrogens with one attached hydrogen (secondary N) is 1. The van der Waals surface area contributed by atoms with Gasteiger partial charge < -0.3 is 4.90 Å². The Bertz CT molecular complexity index is 841. The number of benzene rings is 2. The van der Waals surface area contributed by atoms with Crippen LogP contribution in [0.2, 0.25) is 0 Å². The minimum absolute atomic E-state index is 0.443. The van der Waals surface area contributed by atoms with Gasteiger partial charge in [-0.25, -0.2) is 0 Å². The average molecular weight is 354 g/mol. The molecule has 4 heteroatoms. The number of rotatable bonds is 2. The van der Waals surface area contributed by atoms with Crippen molar-refractivity contribution in [2.24, 2.45) is 0 Å². The molecule has 0 radical (unpaired) electrons. The van der Waals surface area contributed by atoms with E-state index in [1.54, 1.807) is 0 Å². The van der Waals surface area contributed by atoms with E-state index >= 15 is 0 Å². The summed E-state index contributed by atoms with van der Waals surface area (Å²) in [6.45, 7) is 2.21. The predicted octanol–water partition coefficient (Wildman–Crippen LogP) is 4.29. The number of para-hydroxylation sites is 2. The third-order valence-electron chi connectivity index (χ3n) is 4.53. The molecule has 1 N–H and O–H groups in total. The van der Waals surface area contributed by atoms with Gasteiger partial charge in [-0.05, 0) is 42.8 Å². The second-order valence-corrected chi connectivity index (χ2v) is 8.49. The standard InChI is InChI=1S/C20H20N2S2/c1-14(12-19-21(2)15-8-4-6-10-17(15)23-19)13-20-22(3)16-9-5-7-11-18(16)24-20/h4-13,19H,1-3H3/p+1/b14-12+,20-13-. The summed E-state index contributed by atoms with van der Waals surface area (Å²) in [6.07, 6.45) is 4.70. The molecule has 122 valence electrons. The maximum Gasteiger partial charge on any atom is 0.163 e. The zero-order valence-corrected chi connectivity index (χ0v) is 15.7. The molecule has 2 aromatic rings. The van der Waals surface area contributed by atoms with Crippen LogP contribution in [0.25, 0.3) is 0 Å². The summed E-state index contributed by atoms with van der Waals surface area (Å²) in [4.78, 5) is 6.48. The van der Waals surface area contributed by atoms with Crippen molar-refractivity contribution in [2.45, 2.75) is 22.1 Å². The Labute approximate surface area is 152 Å². The van der Waals surface area contributed by atoms with Gasteiger partial charge in [-0.15, -0.1) is 0 Å². The van der Waals surface area contributed by atoms with Gasteiger partial charge in [0.2, 0.25) is 0 Å². The SMILES string of the molecule is CC(/C=C1\Sc2ccccc2N1C)=C\C1Sc2ccccc2[NH+]1C. The Morgan fingerprint density at radius 2 is 1.79 bits per heavy atom. The normalized spacial score (nSPS) is 24.4. The third-order valence-corrected chi connectivity index (χ3v) is 7.05. The number of likely N-dealkylation sites (N-methyl/N-ethyl adjacent to an activating group) is 1. The lowest BCUT2D eigenvalue weighted by Crippen LogP contribution is -3.05. The largest absolute Gasteiger partial charge is 0.338 e. The summed E-state index contributed by atoms with van der Waals surface area (Å²) in [5.74, 6) is 0. The van der Waals surface area contributed by atoms with Gasteiger partial charge in [0.1, 0.15) is 5.69 Å². The number of nitrogens with zero attached hydrogens (tertiary/aromatic N) is 1. The molecule has 2 atom stereocenters. The minimum atomic E-state index is 0.443. The van der Waals surface area contributed by atoms with Crippen LogP contribution < -0.4 is 9.80 Å². The van der Waals surface area contributed by atoms with Crippen LogP contribution in [0.15, 0.2) is 81.1 Å². The molecule has 0 saturated carbocycles. The molecule has 2 nitrogen and oxygen atoms in total. The van der Waals surface area contributed by atoms with Crippen molar-refractivity contribution in [1.29, 1.82) is 0 Å². The minimum Gasteiger partial charge on any atom is -0.338 e. The van der Waals surface area contributed by atoms with Crippen LogP contribution in [-0.2, 0) is 0 Å². The topological polar surface area (TPSA) is 7.68 Å². The van der Waals surface area contributed by atoms with Crippen LogP contribution >= 0.6 is 23.5 Å². The molecule has 0 aromatic heterocycles. The monoisotopic (exact) mass is 353 g/mol. The first-order valence-corrected chi connectivity index (χ1v) is 9.83. The maximum absolute atomic E-state index is 2.39. The number of quaternary nitrogens is 1. The summed E-state index contributed by atoms with van der Waals surface area (Å²) in [5.41, 5.74) is 4.03. The summed E-state index contributed by atoms with van der Waals surface area (Å²) in [7, 11) is 4.40. The summed E-state index contributed by atoms with van der Waals surface area (Å²) >= 11 is 3.81. The van der Waals surface area contributed by atoms with Crippen molar-refractivity contribution in [1.82, 2.24) is 0 Å². The average Bonchev–Trinajstić information content (AvgIpc) is 3.06. The summed E-state index contributed by atoms with van der Waals surface area (Å²) in [5, 5.41) is 1.74. The summed E-state index contributed by atoms with van der Waals surface area (Å²) < 4.78 is 0. The summed E-state index contributed by atoms with van der Waals surface area (Å²) in [6, 6.07) is 17.3. The van der Waals surface area contributed by atoms with E-state index in [0.29, 0.717) is 5.37 Å². The van der Waals surface area contributed by atoms with E-state index in [1.807, 2.05) is 23.5 Å². The Morgan fingerprint density at radius 1 is 1.08 bits per heavy atom. The van der Waals surface area contributed by atoms with Crippen LogP contribution in [-0.4, -0.2) is 19.5 Å². The quantitative estimate of drug-likeness (QED) is 0.862. The van der Waals surface area contributed by atoms with Crippen LogP contribution in [0.4, 0.5) is 11.4 Å². The maximum atomic E-state index is 2.39. The highest BCUT2D eigenvalue weighted by Crippen LogP contribution is 2.45. The molecule has 2 unspecified atom stereocenters. The van der Waals surface area contributed by atoms with E-state index < -0.39 is 0 Å². The second-order valence-electron chi connectivity index (χ2n) is 6.24.